The van der Waals surface area contributed by atoms with Crippen molar-refractivity contribution >= 4 is 12.4 Å². The lowest BCUT2D eigenvalue weighted by molar-refractivity contribution is 0.101. The quantitative estimate of drug-likeness (QED) is 0.791. The van der Waals surface area contributed by atoms with E-state index < -0.39 is 0 Å². The van der Waals surface area contributed by atoms with Crippen molar-refractivity contribution in [1.82, 2.24) is 0 Å². The van der Waals surface area contributed by atoms with E-state index in [-0.39, 0.29) is 12.4 Å². The lowest BCUT2D eigenvalue weighted by atomic mass is 9.90. The number of benzene rings is 1. The Bertz CT molecular complexity index is 246. The normalized spacial score (nSPS) is 25.6. The van der Waals surface area contributed by atoms with Crippen LogP contribution in [0.1, 0.15) is 12.8 Å². The largest absolute Gasteiger partial charge is 0.490 e. The van der Waals surface area contributed by atoms with Crippen molar-refractivity contribution in [2.75, 3.05) is 0 Å². The van der Waals surface area contributed by atoms with Crippen LogP contribution in [0.25, 0.3) is 0 Å². The van der Waals surface area contributed by atoms with E-state index in [1.165, 1.54) is 0 Å². The van der Waals surface area contributed by atoms with Gasteiger partial charge in [0.15, 0.2) is 0 Å². The molecule has 1 fully saturated rings. The highest BCUT2D eigenvalue weighted by molar-refractivity contribution is 5.85. The lowest BCUT2D eigenvalue weighted by Crippen LogP contribution is -2.43. The van der Waals surface area contributed by atoms with Gasteiger partial charge in [0.05, 0.1) is 0 Å². The van der Waals surface area contributed by atoms with Crippen LogP contribution < -0.4 is 10.5 Å². The molecule has 2 rings (SSSR count). The Morgan fingerprint density at radius 3 is 2.31 bits per heavy atom. The summed E-state index contributed by atoms with van der Waals surface area (Å²) in [6.07, 6.45) is 2.34. The van der Waals surface area contributed by atoms with Gasteiger partial charge in [0.1, 0.15) is 11.9 Å². The second-order valence-corrected chi connectivity index (χ2v) is 3.28. The molecule has 0 aromatic heterocycles. The molecule has 0 saturated heterocycles. The first-order chi connectivity index (χ1) is 5.84. The van der Waals surface area contributed by atoms with Crippen LogP contribution in [0, 0.1) is 0 Å². The summed E-state index contributed by atoms with van der Waals surface area (Å²) in [4.78, 5) is 0. The summed E-state index contributed by atoms with van der Waals surface area (Å²) in [5, 5.41) is 0. The van der Waals surface area contributed by atoms with Crippen LogP contribution in [-0.2, 0) is 0 Å². The Kier molecular flexibility index (Phi) is 3.58. The molecule has 2 nitrogen and oxygen atoms in total. The maximum Gasteiger partial charge on any atom is 0.119 e. The first kappa shape index (κ1) is 10.4. The van der Waals surface area contributed by atoms with Crippen LogP contribution in [0.2, 0.25) is 0 Å². The third-order valence-electron chi connectivity index (χ3n) is 2.18. The Balaban J connectivity index is 0.000000845. The zero-order chi connectivity index (χ0) is 8.39. The van der Waals surface area contributed by atoms with Gasteiger partial charge in [-0.05, 0) is 25.0 Å². The zero-order valence-electron chi connectivity index (χ0n) is 7.35. The van der Waals surface area contributed by atoms with Gasteiger partial charge in [-0.3, -0.25) is 0 Å². The van der Waals surface area contributed by atoms with E-state index in [1.54, 1.807) is 0 Å². The molecule has 0 radical (unpaired) electrons. The van der Waals surface area contributed by atoms with Gasteiger partial charge in [0.25, 0.3) is 0 Å². The molecule has 1 aliphatic rings. The van der Waals surface area contributed by atoms with Crippen LogP contribution in [0.3, 0.4) is 0 Å². The third-order valence-corrected chi connectivity index (χ3v) is 2.18. The molecule has 1 saturated carbocycles. The molecule has 1 aliphatic carbocycles. The fourth-order valence-corrected chi connectivity index (χ4v) is 1.39. The molecule has 0 bridgehead atoms. The molecule has 1 aromatic carbocycles. The number of hydrogen-bond donors (Lipinski definition) is 1. The second kappa shape index (κ2) is 4.49. The maximum atomic E-state index is 5.64. The number of para-hydroxylation sites is 1. The molecule has 1 aromatic rings. The first-order valence-corrected chi connectivity index (χ1v) is 4.32. The number of rotatable bonds is 2. The molecule has 0 atom stereocenters. The molecule has 3 heteroatoms. The highest BCUT2D eigenvalue weighted by Crippen LogP contribution is 2.23. The van der Waals surface area contributed by atoms with Gasteiger partial charge in [-0.15, -0.1) is 12.4 Å². The average Bonchev–Trinajstić information content (AvgIpc) is 2.04. The monoisotopic (exact) mass is 199 g/mol. The van der Waals surface area contributed by atoms with E-state index in [0.29, 0.717) is 12.1 Å². The third kappa shape index (κ3) is 2.61. The number of halogens is 1. The number of nitrogens with two attached hydrogens (primary N) is 1. The van der Waals surface area contributed by atoms with Crippen molar-refractivity contribution < 1.29 is 4.74 Å². The molecular formula is C10H14ClNO. The fraction of sp³-hybridized carbons (Fsp3) is 0.400. The molecule has 13 heavy (non-hydrogen) atoms. The van der Waals surface area contributed by atoms with Gasteiger partial charge >= 0.3 is 0 Å². The second-order valence-electron chi connectivity index (χ2n) is 3.28. The summed E-state index contributed by atoms with van der Waals surface area (Å²) in [7, 11) is 0. The molecule has 72 valence electrons. The van der Waals surface area contributed by atoms with E-state index >= 15 is 0 Å². The van der Waals surface area contributed by atoms with E-state index in [0.717, 1.165) is 18.6 Å². The van der Waals surface area contributed by atoms with Crippen molar-refractivity contribution in [3.63, 3.8) is 0 Å². The minimum Gasteiger partial charge on any atom is -0.490 e. The summed E-state index contributed by atoms with van der Waals surface area (Å²) >= 11 is 0. The SMILES string of the molecule is Cl.NC1CC(Oc2ccccc2)C1. The van der Waals surface area contributed by atoms with Crippen molar-refractivity contribution in [2.24, 2.45) is 5.73 Å². The van der Waals surface area contributed by atoms with Crippen LogP contribution in [0.15, 0.2) is 30.3 Å². The van der Waals surface area contributed by atoms with Crippen LogP contribution in [0.4, 0.5) is 0 Å². The zero-order valence-corrected chi connectivity index (χ0v) is 8.17. The van der Waals surface area contributed by atoms with Crippen molar-refractivity contribution in [2.45, 2.75) is 25.0 Å². The smallest absolute Gasteiger partial charge is 0.119 e. The predicted molar refractivity (Wildman–Crippen MR) is 55.3 cm³/mol. The standard InChI is InChI=1S/C10H13NO.ClH/c11-8-6-10(7-8)12-9-4-2-1-3-5-9;/h1-5,8,10H,6-7,11H2;1H. The Morgan fingerprint density at radius 1 is 1.15 bits per heavy atom. The van der Waals surface area contributed by atoms with Crippen molar-refractivity contribution in [3.05, 3.63) is 30.3 Å². The minimum atomic E-state index is 0. The van der Waals surface area contributed by atoms with E-state index in [4.69, 9.17) is 10.5 Å². The lowest BCUT2D eigenvalue weighted by Gasteiger charge is -2.32. The highest BCUT2D eigenvalue weighted by atomic mass is 35.5. The number of ether oxygens (including phenoxy) is 1. The van der Waals surface area contributed by atoms with Gasteiger partial charge in [-0.25, -0.2) is 0 Å². The summed E-state index contributed by atoms with van der Waals surface area (Å²) in [5.74, 6) is 0.953. The topological polar surface area (TPSA) is 35.2 Å². The van der Waals surface area contributed by atoms with Gasteiger partial charge in [-0.2, -0.15) is 0 Å². The highest BCUT2D eigenvalue weighted by Gasteiger charge is 2.27. The van der Waals surface area contributed by atoms with Gasteiger partial charge in [0, 0.05) is 6.04 Å². The fourth-order valence-electron chi connectivity index (χ4n) is 1.39. The summed E-state index contributed by atoms with van der Waals surface area (Å²) in [6, 6.07) is 10.3. The average molecular weight is 200 g/mol. The predicted octanol–water partition coefficient (Wildman–Crippen LogP) is 1.98. The molecule has 0 heterocycles. The summed E-state index contributed by atoms with van der Waals surface area (Å²) < 4.78 is 5.64. The summed E-state index contributed by atoms with van der Waals surface area (Å²) in [6.45, 7) is 0. The molecule has 2 N–H and O–H groups in total. The Labute approximate surface area is 84.5 Å². The van der Waals surface area contributed by atoms with E-state index in [2.05, 4.69) is 0 Å². The van der Waals surface area contributed by atoms with E-state index in [1.807, 2.05) is 30.3 Å². The maximum absolute atomic E-state index is 5.64. The van der Waals surface area contributed by atoms with Gasteiger partial charge in [0.2, 0.25) is 0 Å². The molecule has 0 amide bonds. The van der Waals surface area contributed by atoms with Gasteiger partial charge in [-0.1, -0.05) is 18.2 Å². The van der Waals surface area contributed by atoms with Gasteiger partial charge < -0.3 is 10.5 Å². The number of hydrogen-bond acceptors (Lipinski definition) is 2. The van der Waals surface area contributed by atoms with Crippen molar-refractivity contribution in [3.8, 4) is 5.75 Å². The first-order valence-electron chi connectivity index (χ1n) is 4.32. The molecule has 0 aliphatic heterocycles. The Morgan fingerprint density at radius 2 is 1.77 bits per heavy atom. The Hall–Kier alpha value is -0.730. The minimum absolute atomic E-state index is 0. The molecular weight excluding hydrogens is 186 g/mol. The van der Waals surface area contributed by atoms with Crippen LogP contribution >= 0.6 is 12.4 Å². The van der Waals surface area contributed by atoms with Crippen LogP contribution in [0.5, 0.6) is 5.75 Å². The summed E-state index contributed by atoms with van der Waals surface area (Å²) in [5.41, 5.74) is 5.64. The van der Waals surface area contributed by atoms with Crippen molar-refractivity contribution in [1.29, 1.82) is 0 Å². The van der Waals surface area contributed by atoms with Crippen LogP contribution in [-0.4, -0.2) is 12.1 Å². The molecule has 0 spiro atoms. The molecule has 0 unspecified atom stereocenters. The van der Waals surface area contributed by atoms with E-state index in [9.17, 15) is 0 Å².